The Bertz CT molecular complexity index is 1090. The summed E-state index contributed by atoms with van der Waals surface area (Å²) >= 11 is 0. The SMILES string of the molecule is CCc1ncc(C#Cc2ccc(OC)cn2)c2cc(NC(=O)C3CC3)ncc12. The number of ether oxygens (including phenoxy) is 1. The van der Waals surface area contributed by atoms with Gasteiger partial charge >= 0.3 is 0 Å². The van der Waals surface area contributed by atoms with Gasteiger partial charge < -0.3 is 10.1 Å². The number of nitrogens with zero attached hydrogens (tertiary/aromatic N) is 3. The van der Waals surface area contributed by atoms with Crippen molar-refractivity contribution in [3.8, 4) is 17.6 Å². The monoisotopic (exact) mass is 372 g/mol. The van der Waals surface area contributed by atoms with Crippen LogP contribution in [-0.4, -0.2) is 28.0 Å². The zero-order valence-corrected chi connectivity index (χ0v) is 15.8. The second-order valence-corrected chi connectivity index (χ2v) is 6.68. The lowest BCUT2D eigenvalue weighted by atomic mass is 10.1. The van der Waals surface area contributed by atoms with E-state index in [1.54, 1.807) is 25.7 Å². The van der Waals surface area contributed by atoms with Gasteiger partial charge in [-0.25, -0.2) is 9.97 Å². The predicted octanol–water partition coefficient (Wildman–Crippen LogP) is 3.34. The minimum absolute atomic E-state index is 0.0340. The number of aryl methyl sites for hydroxylation is 1. The van der Waals surface area contributed by atoms with Gasteiger partial charge in [0.2, 0.25) is 5.91 Å². The number of amides is 1. The number of anilines is 1. The molecule has 1 fully saturated rings. The summed E-state index contributed by atoms with van der Waals surface area (Å²) in [6.45, 7) is 2.05. The van der Waals surface area contributed by atoms with Crippen molar-refractivity contribution in [1.82, 2.24) is 15.0 Å². The number of carbonyl (C=O) groups excluding carboxylic acids is 1. The van der Waals surface area contributed by atoms with Gasteiger partial charge in [-0.15, -0.1) is 0 Å². The summed E-state index contributed by atoms with van der Waals surface area (Å²) in [6.07, 6.45) is 7.87. The van der Waals surface area contributed by atoms with Gasteiger partial charge in [0.15, 0.2) is 0 Å². The van der Waals surface area contributed by atoms with Crippen molar-refractivity contribution in [3.63, 3.8) is 0 Å². The number of hydrogen-bond acceptors (Lipinski definition) is 5. The van der Waals surface area contributed by atoms with Crippen molar-refractivity contribution >= 4 is 22.5 Å². The molecule has 3 aromatic heterocycles. The van der Waals surface area contributed by atoms with Gasteiger partial charge in [0.25, 0.3) is 0 Å². The molecule has 1 N–H and O–H groups in total. The van der Waals surface area contributed by atoms with Crippen LogP contribution in [0.2, 0.25) is 0 Å². The van der Waals surface area contributed by atoms with E-state index in [-0.39, 0.29) is 11.8 Å². The van der Waals surface area contributed by atoms with Crippen LogP contribution >= 0.6 is 0 Å². The first-order valence-electron chi connectivity index (χ1n) is 9.28. The fourth-order valence-corrected chi connectivity index (χ4v) is 2.92. The van der Waals surface area contributed by atoms with Crippen LogP contribution in [0.25, 0.3) is 10.8 Å². The Morgan fingerprint density at radius 2 is 2.00 bits per heavy atom. The minimum atomic E-state index is 0.0340. The zero-order chi connectivity index (χ0) is 19.5. The van der Waals surface area contributed by atoms with Gasteiger partial charge in [-0.05, 0) is 43.4 Å². The summed E-state index contributed by atoms with van der Waals surface area (Å²) in [5, 5.41) is 4.77. The molecule has 1 saturated carbocycles. The normalized spacial score (nSPS) is 12.9. The number of fused-ring (bicyclic) bond motifs is 1. The Morgan fingerprint density at radius 1 is 1.14 bits per heavy atom. The molecule has 140 valence electrons. The Kier molecular flexibility index (Phi) is 4.90. The summed E-state index contributed by atoms with van der Waals surface area (Å²) in [5.74, 6) is 7.61. The molecule has 0 aromatic carbocycles. The van der Waals surface area contributed by atoms with Crippen LogP contribution in [0.15, 0.2) is 36.8 Å². The lowest BCUT2D eigenvalue weighted by molar-refractivity contribution is -0.117. The average molecular weight is 372 g/mol. The van der Waals surface area contributed by atoms with E-state index in [1.165, 1.54) is 0 Å². The summed E-state index contributed by atoms with van der Waals surface area (Å²) < 4.78 is 5.12. The number of hydrogen-bond donors (Lipinski definition) is 1. The molecular formula is C22H20N4O2. The third-order valence-corrected chi connectivity index (χ3v) is 4.69. The quantitative estimate of drug-likeness (QED) is 0.711. The molecule has 0 aliphatic heterocycles. The summed E-state index contributed by atoms with van der Waals surface area (Å²) in [5.41, 5.74) is 2.37. The highest BCUT2D eigenvalue weighted by molar-refractivity contribution is 5.96. The van der Waals surface area contributed by atoms with Crippen molar-refractivity contribution in [2.75, 3.05) is 12.4 Å². The topological polar surface area (TPSA) is 77.0 Å². The number of pyridine rings is 3. The smallest absolute Gasteiger partial charge is 0.228 e. The van der Waals surface area contributed by atoms with Crippen LogP contribution in [0.4, 0.5) is 5.82 Å². The van der Waals surface area contributed by atoms with Gasteiger partial charge in [0.1, 0.15) is 17.3 Å². The number of aromatic nitrogens is 3. The van der Waals surface area contributed by atoms with Crippen molar-refractivity contribution in [3.05, 3.63) is 53.7 Å². The molecule has 1 aliphatic rings. The summed E-state index contributed by atoms with van der Waals surface area (Å²) in [4.78, 5) is 25.3. The van der Waals surface area contributed by atoms with Gasteiger partial charge in [-0.3, -0.25) is 9.78 Å². The molecule has 3 heterocycles. The lowest BCUT2D eigenvalue weighted by Gasteiger charge is -2.09. The van der Waals surface area contributed by atoms with Crippen LogP contribution in [0.1, 0.15) is 36.7 Å². The third kappa shape index (κ3) is 3.79. The van der Waals surface area contributed by atoms with Gasteiger partial charge in [0, 0.05) is 34.8 Å². The zero-order valence-electron chi connectivity index (χ0n) is 15.8. The second-order valence-electron chi connectivity index (χ2n) is 6.68. The van der Waals surface area contributed by atoms with E-state index in [4.69, 9.17) is 4.74 Å². The van der Waals surface area contributed by atoms with Crippen LogP contribution in [0.5, 0.6) is 5.75 Å². The molecule has 0 atom stereocenters. The van der Waals surface area contributed by atoms with Crippen LogP contribution in [0.3, 0.4) is 0 Å². The number of methoxy groups -OCH3 is 1. The Hall–Kier alpha value is -3.46. The van der Waals surface area contributed by atoms with Crippen LogP contribution in [0, 0.1) is 17.8 Å². The highest BCUT2D eigenvalue weighted by Gasteiger charge is 2.29. The number of rotatable bonds is 4. The highest BCUT2D eigenvalue weighted by Crippen LogP contribution is 2.30. The first-order valence-corrected chi connectivity index (χ1v) is 9.28. The summed E-state index contributed by atoms with van der Waals surface area (Å²) in [6, 6.07) is 5.51. The average Bonchev–Trinajstić information content (AvgIpc) is 3.58. The van der Waals surface area contributed by atoms with Crippen molar-refractivity contribution in [1.29, 1.82) is 0 Å². The van der Waals surface area contributed by atoms with E-state index < -0.39 is 0 Å². The molecule has 4 rings (SSSR count). The lowest BCUT2D eigenvalue weighted by Crippen LogP contribution is -2.14. The van der Waals surface area contributed by atoms with Crippen molar-refractivity contribution in [2.45, 2.75) is 26.2 Å². The molecule has 0 saturated heterocycles. The molecule has 3 aromatic rings. The molecule has 28 heavy (non-hydrogen) atoms. The molecule has 1 amide bonds. The molecule has 0 radical (unpaired) electrons. The largest absolute Gasteiger partial charge is 0.495 e. The predicted molar refractivity (Wildman–Crippen MR) is 107 cm³/mol. The van der Waals surface area contributed by atoms with Crippen LogP contribution < -0.4 is 10.1 Å². The Balaban J connectivity index is 1.71. The van der Waals surface area contributed by atoms with Crippen molar-refractivity contribution < 1.29 is 9.53 Å². The Morgan fingerprint density at radius 3 is 2.68 bits per heavy atom. The van der Waals surface area contributed by atoms with E-state index in [1.807, 2.05) is 18.2 Å². The van der Waals surface area contributed by atoms with Crippen LogP contribution in [-0.2, 0) is 11.2 Å². The first kappa shape index (κ1) is 17.9. The molecule has 6 heteroatoms. The first-order chi connectivity index (χ1) is 13.7. The van der Waals surface area contributed by atoms with E-state index in [0.717, 1.165) is 41.3 Å². The van der Waals surface area contributed by atoms with E-state index >= 15 is 0 Å². The maximum atomic E-state index is 12.1. The number of nitrogens with one attached hydrogen (secondary N) is 1. The fraction of sp³-hybridized carbons (Fsp3) is 0.273. The molecular weight excluding hydrogens is 352 g/mol. The Labute approximate surface area is 163 Å². The van der Waals surface area contributed by atoms with E-state index in [2.05, 4.69) is 39.0 Å². The molecule has 0 unspecified atom stereocenters. The van der Waals surface area contributed by atoms with Gasteiger partial charge in [-0.1, -0.05) is 12.8 Å². The third-order valence-electron chi connectivity index (χ3n) is 4.69. The minimum Gasteiger partial charge on any atom is -0.495 e. The fourth-order valence-electron chi connectivity index (χ4n) is 2.92. The van der Waals surface area contributed by atoms with Crippen molar-refractivity contribution in [2.24, 2.45) is 5.92 Å². The maximum Gasteiger partial charge on any atom is 0.228 e. The standard InChI is InChI=1S/C22H20N4O2/c1-3-20-19-13-25-21(26-22(27)14-4-5-14)10-18(19)15(11-24-20)6-7-16-8-9-17(28-2)12-23-16/h8-14H,3-5H2,1-2H3,(H,25,26,27). The molecule has 6 nitrogen and oxygen atoms in total. The molecule has 0 bridgehead atoms. The molecule has 1 aliphatic carbocycles. The van der Waals surface area contributed by atoms with E-state index in [9.17, 15) is 4.79 Å². The highest BCUT2D eigenvalue weighted by atomic mass is 16.5. The molecule has 0 spiro atoms. The van der Waals surface area contributed by atoms with Gasteiger partial charge in [0.05, 0.1) is 18.9 Å². The van der Waals surface area contributed by atoms with E-state index in [0.29, 0.717) is 17.3 Å². The maximum absolute atomic E-state index is 12.1. The number of carbonyl (C=O) groups is 1. The summed E-state index contributed by atoms with van der Waals surface area (Å²) in [7, 11) is 1.60. The van der Waals surface area contributed by atoms with Gasteiger partial charge in [-0.2, -0.15) is 0 Å². The second kappa shape index (κ2) is 7.65.